The second-order valence-corrected chi connectivity index (χ2v) is 6.56. The standard InChI is InChI=1S/2C12H13.Hf/c2*1-2-5-10-8-9-11-6-3-4-7-12(10)11;/h2*3-4,6-7,9-10H,2,5H2,1H3;/q2*-1;. The van der Waals surface area contributed by atoms with Crippen LogP contribution in [0.3, 0.4) is 0 Å². The van der Waals surface area contributed by atoms with Crippen molar-refractivity contribution >= 4 is 12.2 Å². The first-order chi connectivity index (χ1) is 11.8. The molecule has 0 nitrogen and oxygen atoms in total. The number of fused-ring (bicyclic) bond motifs is 2. The Morgan fingerprint density at radius 1 is 0.680 bits per heavy atom. The van der Waals surface area contributed by atoms with Gasteiger partial charge in [-0.2, -0.15) is 11.1 Å². The number of allylic oxidation sites excluding steroid dienone is 2. The van der Waals surface area contributed by atoms with Crippen LogP contribution in [0.2, 0.25) is 0 Å². The van der Waals surface area contributed by atoms with Gasteiger partial charge in [0.1, 0.15) is 0 Å². The molecule has 2 aromatic rings. The summed E-state index contributed by atoms with van der Waals surface area (Å²) in [4.78, 5) is 0. The van der Waals surface area contributed by atoms with Crippen LogP contribution in [0.5, 0.6) is 0 Å². The second kappa shape index (κ2) is 10.1. The normalized spacial score (nSPS) is 18.8. The van der Waals surface area contributed by atoms with E-state index >= 15 is 0 Å². The van der Waals surface area contributed by atoms with Gasteiger partial charge in [-0.05, 0) is 0 Å². The Morgan fingerprint density at radius 2 is 1.08 bits per heavy atom. The zero-order chi connectivity index (χ0) is 16.8. The summed E-state index contributed by atoms with van der Waals surface area (Å²) in [7, 11) is 0. The molecular weight excluding hydrogens is 467 g/mol. The fraction of sp³-hybridized carbons (Fsp3) is 0.333. The molecule has 4 rings (SSSR count). The molecule has 2 unspecified atom stereocenters. The van der Waals surface area contributed by atoms with Crippen molar-refractivity contribution in [2.24, 2.45) is 0 Å². The summed E-state index contributed by atoms with van der Waals surface area (Å²) in [5.41, 5.74) is 5.63. The number of benzene rings is 2. The summed E-state index contributed by atoms with van der Waals surface area (Å²) in [5.74, 6) is 1.12. The van der Waals surface area contributed by atoms with E-state index in [1.807, 2.05) is 0 Å². The molecular formula is C24H26Hf-2. The van der Waals surface area contributed by atoms with Crippen molar-refractivity contribution in [2.75, 3.05) is 0 Å². The van der Waals surface area contributed by atoms with Gasteiger partial charge in [0.25, 0.3) is 0 Å². The third-order valence-corrected chi connectivity index (χ3v) is 4.78. The third kappa shape index (κ3) is 4.91. The minimum absolute atomic E-state index is 0. The van der Waals surface area contributed by atoms with Crippen LogP contribution in [-0.4, -0.2) is 0 Å². The van der Waals surface area contributed by atoms with Crippen LogP contribution < -0.4 is 0 Å². The van der Waals surface area contributed by atoms with Crippen molar-refractivity contribution in [3.8, 4) is 0 Å². The first-order valence-electron chi connectivity index (χ1n) is 9.19. The summed E-state index contributed by atoms with van der Waals surface area (Å²) in [6, 6.07) is 17.2. The number of rotatable bonds is 4. The molecule has 1 heteroatoms. The first-order valence-corrected chi connectivity index (χ1v) is 9.19. The van der Waals surface area contributed by atoms with E-state index in [0.717, 1.165) is 0 Å². The van der Waals surface area contributed by atoms with Crippen LogP contribution in [0.1, 0.15) is 73.6 Å². The predicted molar refractivity (Wildman–Crippen MR) is 104 cm³/mol. The predicted octanol–water partition coefficient (Wildman–Crippen LogP) is 6.80. The fourth-order valence-corrected chi connectivity index (χ4v) is 3.53. The molecule has 0 N–H and O–H groups in total. The average Bonchev–Trinajstić information content (AvgIpc) is 3.22. The van der Waals surface area contributed by atoms with Gasteiger partial charge >= 0.3 is 0 Å². The van der Waals surface area contributed by atoms with Gasteiger partial charge in [-0.25, -0.2) is 12.2 Å². The van der Waals surface area contributed by atoms with Gasteiger partial charge in [-0.1, -0.05) is 87.8 Å². The smallest absolute Gasteiger partial charge is 0 e. The minimum Gasteiger partial charge on any atom is -0.268 e. The van der Waals surface area contributed by atoms with Gasteiger partial charge < -0.3 is 0 Å². The van der Waals surface area contributed by atoms with Gasteiger partial charge in [0.05, 0.1) is 0 Å². The van der Waals surface area contributed by atoms with Crippen molar-refractivity contribution in [1.82, 2.24) is 0 Å². The van der Waals surface area contributed by atoms with Crippen LogP contribution in [0.25, 0.3) is 12.2 Å². The maximum Gasteiger partial charge on any atom is 0 e. The number of hydrogen-bond acceptors (Lipinski definition) is 0. The zero-order valence-electron chi connectivity index (χ0n) is 15.3. The van der Waals surface area contributed by atoms with Gasteiger partial charge in [-0.15, -0.1) is 23.3 Å². The van der Waals surface area contributed by atoms with E-state index in [-0.39, 0.29) is 25.8 Å². The minimum atomic E-state index is 0. The Kier molecular flexibility index (Phi) is 8.09. The van der Waals surface area contributed by atoms with E-state index in [1.54, 1.807) is 0 Å². The van der Waals surface area contributed by atoms with Crippen molar-refractivity contribution in [2.45, 2.75) is 51.4 Å². The molecule has 2 aliphatic carbocycles. The van der Waals surface area contributed by atoms with Crippen LogP contribution in [0.4, 0.5) is 0 Å². The molecule has 0 heterocycles. The molecule has 0 saturated carbocycles. The Labute approximate surface area is 171 Å². The maximum absolute atomic E-state index is 3.40. The Balaban J connectivity index is 0.000000173. The number of hydrogen-bond donors (Lipinski definition) is 0. The van der Waals surface area contributed by atoms with Gasteiger partial charge in [0, 0.05) is 25.8 Å². The van der Waals surface area contributed by atoms with Crippen molar-refractivity contribution in [1.29, 1.82) is 0 Å². The SMILES string of the molecule is CCCC1[C-]=Cc2ccccc21.CCCC1[C-]=Cc2ccccc21.[Hf]. The summed E-state index contributed by atoms with van der Waals surface area (Å²) in [6.45, 7) is 4.45. The molecule has 0 fully saturated rings. The third-order valence-electron chi connectivity index (χ3n) is 4.78. The van der Waals surface area contributed by atoms with Crippen molar-refractivity contribution in [3.63, 3.8) is 0 Å². The van der Waals surface area contributed by atoms with Crippen LogP contribution in [-0.2, 0) is 25.8 Å². The first kappa shape index (κ1) is 20.1. The molecule has 0 radical (unpaired) electrons. The molecule has 2 aromatic carbocycles. The molecule has 0 saturated heterocycles. The summed E-state index contributed by atoms with van der Waals surface area (Å²) in [6.07, 6.45) is 16.0. The summed E-state index contributed by atoms with van der Waals surface area (Å²) >= 11 is 0. The molecule has 0 aromatic heterocycles. The molecule has 0 aliphatic heterocycles. The van der Waals surface area contributed by atoms with E-state index in [9.17, 15) is 0 Å². The zero-order valence-corrected chi connectivity index (χ0v) is 18.8. The molecule has 25 heavy (non-hydrogen) atoms. The summed E-state index contributed by atoms with van der Waals surface area (Å²) < 4.78 is 0. The van der Waals surface area contributed by atoms with E-state index in [2.05, 4.69) is 86.7 Å². The van der Waals surface area contributed by atoms with E-state index in [1.165, 1.54) is 47.9 Å². The average molecular weight is 493 g/mol. The van der Waals surface area contributed by atoms with Crippen molar-refractivity contribution in [3.05, 3.63) is 82.9 Å². The van der Waals surface area contributed by atoms with Crippen LogP contribution in [0.15, 0.2) is 48.5 Å². The van der Waals surface area contributed by atoms with E-state index in [4.69, 9.17) is 0 Å². The molecule has 0 spiro atoms. The molecule has 2 atom stereocenters. The van der Waals surface area contributed by atoms with Gasteiger partial charge in [0.2, 0.25) is 0 Å². The van der Waals surface area contributed by atoms with Gasteiger partial charge in [0.15, 0.2) is 0 Å². The monoisotopic (exact) mass is 494 g/mol. The topological polar surface area (TPSA) is 0 Å². The Bertz CT molecular complexity index is 663. The molecule has 2 aliphatic rings. The van der Waals surface area contributed by atoms with Crippen LogP contribution >= 0.6 is 0 Å². The Hall–Kier alpha value is -1.21. The summed E-state index contributed by atoms with van der Waals surface area (Å²) in [5, 5.41) is 0. The van der Waals surface area contributed by atoms with E-state index in [0.29, 0.717) is 11.8 Å². The Morgan fingerprint density at radius 3 is 1.48 bits per heavy atom. The second-order valence-electron chi connectivity index (χ2n) is 6.56. The molecule has 0 bridgehead atoms. The maximum atomic E-state index is 3.40. The molecule has 128 valence electrons. The van der Waals surface area contributed by atoms with Gasteiger partial charge in [-0.3, -0.25) is 12.2 Å². The quantitative estimate of drug-likeness (QED) is 0.325. The van der Waals surface area contributed by atoms with Crippen molar-refractivity contribution < 1.29 is 25.8 Å². The van der Waals surface area contributed by atoms with E-state index < -0.39 is 0 Å². The fourth-order valence-electron chi connectivity index (χ4n) is 3.53. The van der Waals surface area contributed by atoms with Crippen LogP contribution in [0, 0.1) is 12.2 Å². The molecule has 0 amide bonds. The largest absolute Gasteiger partial charge is 0.268 e.